The van der Waals surface area contributed by atoms with E-state index in [4.69, 9.17) is 11.6 Å². The van der Waals surface area contributed by atoms with Crippen LogP contribution in [0.4, 0.5) is 0 Å². The SMILES string of the molecule is CCc1ccccc1-n1c(CCl)nc2ccc(Br)cc21. The summed E-state index contributed by atoms with van der Waals surface area (Å²) in [7, 11) is 0. The number of alkyl halides is 1. The molecule has 4 heteroatoms. The minimum Gasteiger partial charge on any atom is -0.295 e. The van der Waals surface area contributed by atoms with Crippen molar-refractivity contribution in [3.63, 3.8) is 0 Å². The highest BCUT2D eigenvalue weighted by Crippen LogP contribution is 2.27. The van der Waals surface area contributed by atoms with Gasteiger partial charge in [-0.25, -0.2) is 4.98 Å². The van der Waals surface area contributed by atoms with Crippen LogP contribution < -0.4 is 0 Å². The Morgan fingerprint density at radius 2 is 2.00 bits per heavy atom. The van der Waals surface area contributed by atoms with Gasteiger partial charge in [-0.15, -0.1) is 11.6 Å². The van der Waals surface area contributed by atoms with Crippen molar-refractivity contribution >= 4 is 38.6 Å². The molecule has 0 saturated carbocycles. The van der Waals surface area contributed by atoms with Gasteiger partial charge >= 0.3 is 0 Å². The van der Waals surface area contributed by atoms with Crippen LogP contribution >= 0.6 is 27.5 Å². The van der Waals surface area contributed by atoms with Crippen molar-refractivity contribution in [1.29, 1.82) is 0 Å². The molecule has 0 amide bonds. The van der Waals surface area contributed by atoms with Gasteiger partial charge < -0.3 is 0 Å². The zero-order valence-corrected chi connectivity index (χ0v) is 13.4. The Kier molecular flexibility index (Phi) is 3.81. The Hall–Kier alpha value is -1.32. The number of imidazole rings is 1. The third-order valence-corrected chi connectivity index (χ3v) is 4.15. The van der Waals surface area contributed by atoms with Crippen molar-refractivity contribution < 1.29 is 0 Å². The molecule has 0 fully saturated rings. The second-order valence-corrected chi connectivity index (χ2v) is 5.80. The fourth-order valence-corrected chi connectivity index (χ4v) is 3.01. The van der Waals surface area contributed by atoms with Gasteiger partial charge in [-0.05, 0) is 36.2 Å². The molecule has 1 heterocycles. The summed E-state index contributed by atoms with van der Waals surface area (Å²) in [5.74, 6) is 1.27. The molecule has 0 bridgehead atoms. The summed E-state index contributed by atoms with van der Waals surface area (Å²) in [5.41, 5.74) is 4.50. The molecular formula is C16H14BrClN2. The molecule has 0 aliphatic heterocycles. The Labute approximate surface area is 131 Å². The second kappa shape index (κ2) is 5.58. The lowest BCUT2D eigenvalue weighted by atomic mass is 10.1. The zero-order chi connectivity index (χ0) is 14.1. The van der Waals surface area contributed by atoms with E-state index >= 15 is 0 Å². The number of para-hydroxylation sites is 1. The van der Waals surface area contributed by atoms with E-state index in [0.29, 0.717) is 5.88 Å². The smallest absolute Gasteiger partial charge is 0.129 e. The largest absolute Gasteiger partial charge is 0.295 e. The quantitative estimate of drug-likeness (QED) is 0.602. The average molecular weight is 350 g/mol. The fourth-order valence-electron chi connectivity index (χ4n) is 2.48. The van der Waals surface area contributed by atoms with Gasteiger partial charge in [0.2, 0.25) is 0 Å². The van der Waals surface area contributed by atoms with Gasteiger partial charge in [-0.1, -0.05) is 41.1 Å². The monoisotopic (exact) mass is 348 g/mol. The summed E-state index contributed by atoms with van der Waals surface area (Å²) in [4.78, 5) is 4.63. The summed E-state index contributed by atoms with van der Waals surface area (Å²) in [6.45, 7) is 2.16. The van der Waals surface area contributed by atoms with Crippen LogP contribution in [-0.2, 0) is 12.3 Å². The summed E-state index contributed by atoms with van der Waals surface area (Å²) in [6.07, 6.45) is 0.978. The number of halogens is 2. The first-order valence-corrected chi connectivity index (χ1v) is 7.88. The van der Waals surface area contributed by atoms with E-state index in [1.54, 1.807) is 0 Å². The topological polar surface area (TPSA) is 17.8 Å². The third-order valence-electron chi connectivity index (χ3n) is 3.42. The van der Waals surface area contributed by atoms with E-state index in [-0.39, 0.29) is 0 Å². The Morgan fingerprint density at radius 3 is 2.75 bits per heavy atom. The number of fused-ring (bicyclic) bond motifs is 1. The fraction of sp³-hybridized carbons (Fsp3) is 0.188. The summed E-state index contributed by atoms with van der Waals surface area (Å²) >= 11 is 9.63. The number of hydrogen-bond donors (Lipinski definition) is 0. The lowest BCUT2D eigenvalue weighted by Crippen LogP contribution is -2.02. The first-order valence-electron chi connectivity index (χ1n) is 6.55. The van der Waals surface area contributed by atoms with Crippen molar-refractivity contribution in [3.8, 4) is 5.69 Å². The van der Waals surface area contributed by atoms with E-state index in [2.05, 4.69) is 62.7 Å². The number of aromatic nitrogens is 2. The van der Waals surface area contributed by atoms with E-state index in [0.717, 1.165) is 33.4 Å². The molecule has 0 spiro atoms. The molecular weight excluding hydrogens is 336 g/mol. The highest BCUT2D eigenvalue weighted by molar-refractivity contribution is 9.10. The lowest BCUT2D eigenvalue weighted by Gasteiger charge is -2.12. The molecule has 3 rings (SSSR count). The Balaban J connectivity index is 2.36. The molecule has 0 unspecified atom stereocenters. The second-order valence-electron chi connectivity index (χ2n) is 4.61. The molecule has 102 valence electrons. The normalized spacial score (nSPS) is 11.2. The average Bonchev–Trinajstić information content (AvgIpc) is 2.84. The van der Waals surface area contributed by atoms with Crippen LogP contribution in [0, 0.1) is 0 Å². The molecule has 0 aliphatic rings. The summed E-state index contributed by atoms with van der Waals surface area (Å²) in [5, 5.41) is 0. The molecule has 0 saturated heterocycles. The van der Waals surface area contributed by atoms with Crippen LogP contribution in [0.1, 0.15) is 18.3 Å². The predicted molar refractivity (Wildman–Crippen MR) is 87.7 cm³/mol. The van der Waals surface area contributed by atoms with Crippen molar-refractivity contribution in [1.82, 2.24) is 9.55 Å². The molecule has 0 N–H and O–H groups in total. The lowest BCUT2D eigenvalue weighted by molar-refractivity contribution is 0.955. The maximum absolute atomic E-state index is 6.09. The molecule has 2 aromatic carbocycles. The molecule has 3 aromatic rings. The van der Waals surface area contributed by atoms with Crippen LogP contribution in [0.25, 0.3) is 16.7 Å². The van der Waals surface area contributed by atoms with E-state index in [9.17, 15) is 0 Å². The van der Waals surface area contributed by atoms with Gasteiger partial charge in [0.05, 0.1) is 22.6 Å². The van der Waals surface area contributed by atoms with Crippen molar-refractivity contribution in [2.24, 2.45) is 0 Å². The Bertz CT molecular complexity index is 764. The predicted octanol–water partition coefficient (Wildman–Crippen LogP) is 5.09. The zero-order valence-electron chi connectivity index (χ0n) is 11.1. The molecule has 2 nitrogen and oxygen atoms in total. The number of hydrogen-bond acceptors (Lipinski definition) is 1. The van der Waals surface area contributed by atoms with Gasteiger partial charge in [0, 0.05) is 4.47 Å². The minimum atomic E-state index is 0.393. The summed E-state index contributed by atoms with van der Waals surface area (Å²) in [6, 6.07) is 14.5. The third kappa shape index (κ3) is 2.25. The molecule has 1 aromatic heterocycles. The molecule has 0 radical (unpaired) electrons. The van der Waals surface area contributed by atoms with Crippen LogP contribution in [-0.4, -0.2) is 9.55 Å². The minimum absolute atomic E-state index is 0.393. The number of aryl methyl sites for hydroxylation is 1. The first-order chi connectivity index (χ1) is 9.74. The maximum Gasteiger partial charge on any atom is 0.129 e. The van der Waals surface area contributed by atoms with Crippen molar-refractivity contribution in [2.45, 2.75) is 19.2 Å². The summed E-state index contributed by atoms with van der Waals surface area (Å²) < 4.78 is 3.20. The highest BCUT2D eigenvalue weighted by Gasteiger charge is 2.13. The van der Waals surface area contributed by atoms with Crippen LogP contribution in [0.15, 0.2) is 46.9 Å². The van der Waals surface area contributed by atoms with Crippen LogP contribution in [0.2, 0.25) is 0 Å². The van der Waals surface area contributed by atoms with Gasteiger partial charge in [-0.2, -0.15) is 0 Å². The molecule has 20 heavy (non-hydrogen) atoms. The van der Waals surface area contributed by atoms with E-state index in [1.165, 1.54) is 5.56 Å². The van der Waals surface area contributed by atoms with Crippen LogP contribution in [0.5, 0.6) is 0 Å². The first kappa shape index (κ1) is 13.7. The standard InChI is InChI=1S/C16H14BrClN2/c1-2-11-5-3-4-6-14(11)20-15-9-12(17)7-8-13(15)19-16(20)10-18/h3-9H,2,10H2,1H3. The van der Waals surface area contributed by atoms with Crippen LogP contribution in [0.3, 0.4) is 0 Å². The number of nitrogens with zero attached hydrogens (tertiary/aromatic N) is 2. The van der Waals surface area contributed by atoms with Gasteiger partial charge in [0.15, 0.2) is 0 Å². The van der Waals surface area contributed by atoms with Crippen molar-refractivity contribution in [2.75, 3.05) is 0 Å². The van der Waals surface area contributed by atoms with E-state index in [1.807, 2.05) is 12.1 Å². The molecule has 0 atom stereocenters. The Morgan fingerprint density at radius 1 is 1.20 bits per heavy atom. The highest BCUT2D eigenvalue weighted by atomic mass is 79.9. The van der Waals surface area contributed by atoms with Gasteiger partial charge in [0.25, 0.3) is 0 Å². The van der Waals surface area contributed by atoms with Gasteiger partial charge in [0.1, 0.15) is 5.82 Å². The number of rotatable bonds is 3. The molecule has 0 aliphatic carbocycles. The van der Waals surface area contributed by atoms with Gasteiger partial charge in [-0.3, -0.25) is 4.57 Å². The van der Waals surface area contributed by atoms with E-state index < -0.39 is 0 Å². The maximum atomic E-state index is 6.09. The van der Waals surface area contributed by atoms with Crippen molar-refractivity contribution in [3.05, 3.63) is 58.3 Å². The number of benzene rings is 2.